The summed E-state index contributed by atoms with van der Waals surface area (Å²) in [7, 11) is 0. The van der Waals surface area contributed by atoms with Gasteiger partial charge in [0.15, 0.2) is 0 Å². The van der Waals surface area contributed by atoms with Crippen molar-refractivity contribution in [2.75, 3.05) is 0 Å². The molecule has 0 fully saturated rings. The fourth-order valence-electron chi connectivity index (χ4n) is 1.17. The Balaban J connectivity index is 3.08. The molecule has 2 heteroatoms. The Morgan fingerprint density at radius 1 is 1.17 bits per heavy atom. The summed E-state index contributed by atoms with van der Waals surface area (Å²) < 4.78 is 13.2. The van der Waals surface area contributed by atoms with Gasteiger partial charge < -0.3 is 0 Å². The monoisotopic (exact) mass is 286 g/mol. The van der Waals surface area contributed by atoms with E-state index in [1.165, 1.54) is 25.7 Å². The van der Waals surface area contributed by atoms with Gasteiger partial charge in [-0.15, -0.1) is 0 Å². The van der Waals surface area contributed by atoms with Gasteiger partial charge in [0.2, 0.25) is 0 Å². The van der Waals surface area contributed by atoms with Crippen LogP contribution < -0.4 is 0 Å². The molecule has 0 rings (SSSR count). The topological polar surface area (TPSA) is 0 Å². The lowest BCUT2D eigenvalue weighted by molar-refractivity contribution is 0.309. The SMILES string of the molecule is CCCCCCCC(F)C(C)I. The summed E-state index contributed by atoms with van der Waals surface area (Å²) >= 11 is 2.16. The van der Waals surface area contributed by atoms with Gasteiger partial charge in [0, 0.05) is 3.92 Å². The minimum Gasteiger partial charge on any atom is -0.246 e. The lowest BCUT2D eigenvalue weighted by atomic mass is 10.1. The lowest BCUT2D eigenvalue weighted by Crippen LogP contribution is -2.10. The van der Waals surface area contributed by atoms with Gasteiger partial charge in [0.25, 0.3) is 0 Å². The smallest absolute Gasteiger partial charge is 0.112 e. The van der Waals surface area contributed by atoms with Gasteiger partial charge >= 0.3 is 0 Å². The molecular formula is C10H20FI. The molecule has 0 saturated heterocycles. The van der Waals surface area contributed by atoms with E-state index < -0.39 is 6.17 Å². The Bertz CT molecular complexity index is 93.8. The van der Waals surface area contributed by atoms with Crippen LogP contribution in [0.15, 0.2) is 0 Å². The summed E-state index contributed by atoms with van der Waals surface area (Å²) in [5.74, 6) is 0. The van der Waals surface area contributed by atoms with Crippen molar-refractivity contribution in [3.8, 4) is 0 Å². The van der Waals surface area contributed by atoms with Gasteiger partial charge in [-0.05, 0) is 6.42 Å². The van der Waals surface area contributed by atoms with Gasteiger partial charge in [-0.25, -0.2) is 4.39 Å². The molecule has 0 aromatic rings. The van der Waals surface area contributed by atoms with E-state index in [0.717, 1.165) is 12.8 Å². The quantitative estimate of drug-likeness (QED) is 0.367. The maximum Gasteiger partial charge on any atom is 0.112 e. The Hall–Kier alpha value is 0.660. The second-order valence-corrected chi connectivity index (χ2v) is 5.36. The second-order valence-electron chi connectivity index (χ2n) is 3.40. The van der Waals surface area contributed by atoms with E-state index in [0.29, 0.717) is 0 Å². The molecule has 0 aromatic heterocycles. The highest BCUT2D eigenvalue weighted by Gasteiger charge is 2.11. The summed E-state index contributed by atoms with van der Waals surface area (Å²) in [6, 6.07) is 0. The summed E-state index contributed by atoms with van der Waals surface area (Å²) in [6.45, 7) is 4.14. The molecule has 0 bridgehead atoms. The minimum absolute atomic E-state index is 0.175. The molecule has 12 heavy (non-hydrogen) atoms. The lowest BCUT2D eigenvalue weighted by Gasteiger charge is -2.09. The van der Waals surface area contributed by atoms with Crippen molar-refractivity contribution in [2.24, 2.45) is 0 Å². The van der Waals surface area contributed by atoms with Crippen LogP contribution in [0.3, 0.4) is 0 Å². The first-order valence-electron chi connectivity index (χ1n) is 4.96. The zero-order valence-electron chi connectivity index (χ0n) is 8.15. The van der Waals surface area contributed by atoms with Crippen molar-refractivity contribution < 1.29 is 4.39 Å². The van der Waals surface area contributed by atoms with E-state index in [4.69, 9.17) is 0 Å². The van der Waals surface area contributed by atoms with Crippen LogP contribution in [0.4, 0.5) is 4.39 Å². The van der Waals surface area contributed by atoms with Crippen molar-refractivity contribution in [1.29, 1.82) is 0 Å². The van der Waals surface area contributed by atoms with Gasteiger partial charge in [-0.3, -0.25) is 0 Å². The molecule has 74 valence electrons. The van der Waals surface area contributed by atoms with Crippen molar-refractivity contribution in [2.45, 2.75) is 62.5 Å². The first-order valence-corrected chi connectivity index (χ1v) is 6.21. The molecule has 0 heterocycles. The third kappa shape index (κ3) is 7.32. The number of alkyl halides is 2. The van der Waals surface area contributed by atoms with Crippen molar-refractivity contribution >= 4 is 22.6 Å². The van der Waals surface area contributed by atoms with E-state index in [1.807, 2.05) is 6.92 Å². The summed E-state index contributed by atoms with van der Waals surface area (Å²) in [5, 5.41) is 0. The molecule has 0 N–H and O–H groups in total. The van der Waals surface area contributed by atoms with Gasteiger partial charge in [0.05, 0.1) is 0 Å². The summed E-state index contributed by atoms with van der Waals surface area (Å²) in [5.41, 5.74) is 0. The fraction of sp³-hybridized carbons (Fsp3) is 1.00. The van der Waals surface area contributed by atoms with Crippen LogP contribution in [-0.4, -0.2) is 10.1 Å². The Morgan fingerprint density at radius 2 is 1.75 bits per heavy atom. The predicted octanol–water partition coefficient (Wildman–Crippen LogP) is 4.51. The summed E-state index contributed by atoms with van der Waals surface area (Å²) in [6.07, 6.45) is 6.28. The van der Waals surface area contributed by atoms with E-state index in [2.05, 4.69) is 29.5 Å². The maximum absolute atomic E-state index is 13.0. The fourth-order valence-corrected chi connectivity index (χ4v) is 1.53. The van der Waals surface area contributed by atoms with Crippen LogP contribution in [0.1, 0.15) is 52.4 Å². The number of unbranched alkanes of at least 4 members (excludes halogenated alkanes) is 4. The third-order valence-electron chi connectivity index (χ3n) is 2.08. The molecule has 0 saturated carbocycles. The van der Waals surface area contributed by atoms with Crippen LogP contribution in [0, 0.1) is 0 Å². The molecule has 2 unspecified atom stereocenters. The highest BCUT2D eigenvalue weighted by atomic mass is 127. The summed E-state index contributed by atoms with van der Waals surface area (Å²) in [4.78, 5) is 0. The Morgan fingerprint density at radius 3 is 2.25 bits per heavy atom. The van der Waals surface area contributed by atoms with Gasteiger partial charge in [0.1, 0.15) is 6.17 Å². The highest BCUT2D eigenvalue weighted by molar-refractivity contribution is 14.1. The van der Waals surface area contributed by atoms with Gasteiger partial charge in [-0.1, -0.05) is 68.5 Å². The van der Waals surface area contributed by atoms with E-state index in [9.17, 15) is 4.39 Å². The Labute approximate surface area is 89.5 Å². The molecule has 0 aliphatic rings. The average Bonchev–Trinajstić information content (AvgIpc) is 2.03. The number of halogens is 2. The zero-order valence-corrected chi connectivity index (χ0v) is 10.3. The zero-order chi connectivity index (χ0) is 9.40. The number of hydrogen-bond acceptors (Lipinski definition) is 0. The van der Waals surface area contributed by atoms with Crippen molar-refractivity contribution in [3.63, 3.8) is 0 Å². The van der Waals surface area contributed by atoms with Crippen LogP contribution in [0.2, 0.25) is 0 Å². The molecule has 0 radical (unpaired) electrons. The molecule has 0 spiro atoms. The highest BCUT2D eigenvalue weighted by Crippen LogP contribution is 2.16. The molecular weight excluding hydrogens is 266 g/mol. The number of hydrogen-bond donors (Lipinski definition) is 0. The van der Waals surface area contributed by atoms with E-state index >= 15 is 0 Å². The first kappa shape index (κ1) is 12.7. The molecule has 0 aliphatic carbocycles. The third-order valence-corrected chi connectivity index (χ3v) is 2.86. The second kappa shape index (κ2) is 8.27. The standard InChI is InChI=1S/C10H20FI/c1-3-4-5-6-7-8-10(11)9(2)12/h9-10H,3-8H2,1-2H3. The number of rotatable bonds is 7. The van der Waals surface area contributed by atoms with Crippen molar-refractivity contribution in [3.05, 3.63) is 0 Å². The van der Waals surface area contributed by atoms with Crippen LogP contribution in [-0.2, 0) is 0 Å². The first-order chi connectivity index (χ1) is 5.68. The molecule has 0 nitrogen and oxygen atoms in total. The Kier molecular flexibility index (Phi) is 8.72. The van der Waals surface area contributed by atoms with Crippen molar-refractivity contribution in [1.82, 2.24) is 0 Å². The van der Waals surface area contributed by atoms with Gasteiger partial charge in [-0.2, -0.15) is 0 Å². The largest absolute Gasteiger partial charge is 0.246 e. The molecule has 0 aromatic carbocycles. The van der Waals surface area contributed by atoms with E-state index in [-0.39, 0.29) is 3.92 Å². The van der Waals surface area contributed by atoms with E-state index in [1.54, 1.807) is 0 Å². The van der Waals surface area contributed by atoms with Crippen LogP contribution >= 0.6 is 22.6 Å². The molecule has 0 amide bonds. The molecule has 2 atom stereocenters. The molecule has 0 aliphatic heterocycles. The van der Waals surface area contributed by atoms with Crippen LogP contribution in [0.25, 0.3) is 0 Å². The normalized spacial score (nSPS) is 16.0. The maximum atomic E-state index is 13.0. The minimum atomic E-state index is -0.591. The predicted molar refractivity (Wildman–Crippen MR) is 61.8 cm³/mol. The van der Waals surface area contributed by atoms with Crippen LogP contribution in [0.5, 0.6) is 0 Å². The average molecular weight is 286 g/mol.